The summed E-state index contributed by atoms with van der Waals surface area (Å²) in [5, 5.41) is 0. The van der Waals surface area contributed by atoms with E-state index in [1.807, 2.05) is 38.1 Å². The summed E-state index contributed by atoms with van der Waals surface area (Å²) in [5.41, 5.74) is 1.17. The van der Waals surface area contributed by atoms with Gasteiger partial charge in [0.25, 0.3) is 0 Å². The van der Waals surface area contributed by atoms with Gasteiger partial charge in [-0.05, 0) is 25.5 Å². The number of sulfonamides is 1. The van der Waals surface area contributed by atoms with Gasteiger partial charge >= 0.3 is 0 Å². The largest absolute Gasteiger partial charge is 0.492 e. The van der Waals surface area contributed by atoms with Crippen LogP contribution in [0.25, 0.3) is 0 Å². The lowest BCUT2D eigenvalue weighted by molar-refractivity contribution is 0.287. The molecule has 0 amide bonds. The number of nitrogens with zero attached hydrogens (tertiary/aromatic N) is 1. The van der Waals surface area contributed by atoms with Gasteiger partial charge in [0.1, 0.15) is 12.4 Å². The molecule has 18 heavy (non-hydrogen) atoms. The molecule has 102 valence electrons. The summed E-state index contributed by atoms with van der Waals surface area (Å²) in [7, 11) is -1.53. The van der Waals surface area contributed by atoms with Crippen molar-refractivity contribution in [2.24, 2.45) is 0 Å². The van der Waals surface area contributed by atoms with E-state index in [1.54, 1.807) is 7.05 Å². The van der Waals surface area contributed by atoms with Gasteiger partial charge in [0.15, 0.2) is 0 Å². The number of ether oxygens (including phenoxy) is 1. The van der Waals surface area contributed by atoms with Crippen LogP contribution < -0.4 is 4.74 Å². The summed E-state index contributed by atoms with van der Waals surface area (Å²) >= 11 is 0. The fourth-order valence-electron chi connectivity index (χ4n) is 1.48. The molecule has 0 bridgehead atoms. The van der Waals surface area contributed by atoms with Gasteiger partial charge in [0.2, 0.25) is 10.0 Å². The van der Waals surface area contributed by atoms with Crippen molar-refractivity contribution < 1.29 is 13.2 Å². The topological polar surface area (TPSA) is 46.6 Å². The quantitative estimate of drug-likeness (QED) is 0.762. The summed E-state index contributed by atoms with van der Waals surface area (Å²) in [4.78, 5) is 0. The molecule has 0 saturated heterocycles. The van der Waals surface area contributed by atoms with E-state index in [1.165, 1.54) is 9.87 Å². The van der Waals surface area contributed by atoms with Crippen LogP contribution in [-0.2, 0) is 10.0 Å². The molecule has 0 aromatic heterocycles. The molecule has 0 aliphatic rings. The summed E-state index contributed by atoms with van der Waals surface area (Å²) in [6, 6.07) is 7.70. The van der Waals surface area contributed by atoms with Crippen LogP contribution in [0.4, 0.5) is 0 Å². The minimum Gasteiger partial charge on any atom is -0.492 e. The second-order valence-electron chi connectivity index (χ2n) is 4.30. The van der Waals surface area contributed by atoms with Gasteiger partial charge in [-0.25, -0.2) is 12.7 Å². The van der Waals surface area contributed by atoms with Crippen molar-refractivity contribution in [2.75, 3.05) is 26.0 Å². The maximum atomic E-state index is 11.7. The third-order valence-electron chi connectivity index (χ3n) is 2.63. The van der Waals surface area contributed by atoms with E-state index >= 15 is 0 Å². The molecule has 0 fully saturated rings. The fourth-order valence-corrected chi connectivity index (χ4v) is 2.66. The summed E-state index contributed by atoms with van der Waals surface area (Å²) in [6.45, 7) is 4.60. The first-order valence-electron chi connectivity index (χ1n) is 6.09. The molecular weight excluding hydrogens is 250 g/mol. The first kappa shape index (κ1) is 15.0. The van der Waals surface area contributed by atoms with E-state index in [-0.39, 0.29) is 5.75 Å². The van der Waals surface area contributed by atoms with E-state index in [9.17, 15) is 8.42 Å². The first-order chi connectivity index (χ1) is 8.45. The highest BCUT2D eigenvalue weighted by atomic mass is 32.2. The predicted octanol–water partition coefficient (Wildman–Crippen LogP) is 2.05. The standard InChI is InChI=1S/C13H21NO3S/c1-4-11-18(15,16)14(3)9-10-17-13-7-5-12(2)6-8-13/h5-8H,4,9-11H2,1-3H3. The van der Waals surface area contributed by atoms with Gasteiger partial charge in [-0.3, -0.25) is 0 Å². The Hall–Kier alpha value is -1.07. The Morgan fingerprint density at radius 3 is 2.39 bits per heavy atom. The van der Waals surface area contributed by atoms with Crippen molar-refractivity contribution in [3.8, 4) is 5.75 Å². The van der Waals surface area contributed by atoms with Crippen LogP contribution in [0.1, 0.15) is 18.9 Å². The van der Waals surface area contributed by atoms with E-state index in [0.717, 1.165) is 5.75 Å². The Labute approximate surface area is 110 Å². The third-order valence-corrected chi connectivity index (χ3v) is 4.69. The molecular formula is C13H21NO3S. The van der Waals surface area contributed by atoms with Crippen LogP contribution in [0.3, 0.4) is 0 Å². The van der Waals surface area contributed by atoms with Gasteiger partial charge < -0.3 is 4.74 Å². The molecule has 1 aromatic rings. The van der Waals surface area contributed by atoms with Gasteiger partial charge in [0, 0.05) is 13.6 Å². The predicted molar refractivity (Wildman–Crippen MR) is 73.4 cm³/mol. The normalized spacial score (nSPS) is 11.8. The molecule has 0 unspecified atom stereocenters. The zero-order valence-electron chi connectivity index (χ0n) is 11.2. The zero-order chi connectivity index (χ0) is 13.6. The zero-order valence-corrected chi connectivity index (χ0v) is 12.0. The highest BCUT2D eigenvalue weighted by molar-refractivity contribution is 7.89. The van der Waals surface area contributed by atoms with E-state index in [0.29, 0.717) is 19.6 Å². The van der Waals surface area contributed by atoms with E-state index in [2.05, 4.69) is 0 Å². The average Bonchev–Trinajstić information content (AvgIpc) is 2.31. The number of hydrogen-bond acceptors (Lipinski definition) is 3. The second kappa shape index (κ2) is 6.75. The molecule has 0 heterocycles. The molecule has 0 aliphatic heterocycles. The molecule has 0 saturated carbocycles. The third kappa shape index (κ3) is 4.66. The highest BCUT2D eigenvalue weighted by Crippen LogP contribution is 2.11. The maximum absolute atomic E-state index is 11.7. The Kier molecular flexibility index (Phi) is 5.62. The SMILES string of the molecule is CCCS(=O)(=O)N(C)CCOc1ccc(C)cc1. The van der Waals surface area contributed by atoms with Crippen LogP contribution in [0.5, 0.6) is 5.75 Å². The Bertz CT molecular complexity index is 454. The summed E-state index contributed by atoms with van der Waals surface area (Å²) in [6.07, 6.45) is 0.630. The first-order valence-corrected chi connectivity index (χ1v) is 7.70. The minimum absolute atomic E-state index is 0.189. The van der Waals surface area contributed by atoms with Gasteiger partial charge in [-0.1, -0.05) is 24.6 Å². The molecule has 4 nitrogen and oxygen atoms in total. The van der Waals surface area contributed by atoms with E-state index in [4.69, 9.17) is 4.74 Å². The number of rotatable bonds is 7. The number of aryl methyl sites for hydroxylation is 1. The van der Waals surface area contributed by atoms with Gasteiger partial charge in [0.05, 0.1) is 5.75 Å². The van der Waals surface area contributed by atoms with Gasteiger partial charge in [-0.2, -0.15) is 0 Å². The molecule has 0 radical (unpaired) electrons. The Morgan fingerprint density at radius 2 is 1.83 bits per heavy atom. The minimum atomic E-state index is -3.12. The summed E-state index contributed by atoms with van der Waals surface area (Å²) in [5.74, 6) is 0.954. The molecule has 1 aromatic carbocycles. The van der Waals surface area contributed by atoms with Crippen molar-refractivity contribution in [1.82, 2.24) is 4.31 Å². The second-order valence-corrected chi connectivity index (χ2v) is 6.49. The Balaban J connectivity index is 2.40. The van der Waals surface area contributed by atoms with Crippen LogP contribution in [0.15, 0.2) is 24.3 Å². The lowest BCUT2D eigenvalue weighted by atomic mass is 10.2. The van der Waals surface area contributed by atoms with E-state index < -0.39 is 10.0 Å². The van der Waals surface area contributed by atoms with Crippen LogP contribution in [0.2, 0.25) is 0 Å². The maximum Gasteiger partial charge on any atom is 0.213 e. The van der Waals surface area contributed by atoms with Crippen molar-refractivity contribution in [3.63, 3.8) is 0 Å². The average molecular weight is 271 g/mol. The van der Waals surface area contributed by atoms with Crippen molar-refractivity contribution >= 4 is 10.0 Å². The number of hydrogen-bond donors (Lipinski definition) is 0. The lowest BCUT2D eigenvalue weighted by Gasteiger charge is -2.16. The number of likely N-dealkylation sites (N-methyl/N-ethyl adjacent to an activating group) is 1. The van der Waals surface area contributed by atoms with Crippen molar-refractivity contribution in [2.45, 2.75) is 20.3 Å². The van der Waals surface area contributed by atoms with Gasteiger partial charge in [-0.15, -0.1) is 0 Å². The summed E-state index contributed by atoms with van der Waals surface area (Å²) < 4.78 is 30.2. The lowest BCUT2D eigenvalue weighted by Crippen LogP contribution is -2.32. The molecule has 1 rings (SSSR count). The fraction of sp³-hybridized carbons (Fsp3) is 0.538. The molecule has 0 atom stereocenters. The molecule has 0 N–H and O–H groups in total. The number of benzene rings is 1. The monoisotopic (exact) mass is 271 g/mol. The smallest absolute Gasteiger partial charge is 0.213 e. The molecule has 0 aliphatic carbocycles. The highest BCUT2D eigenvalue weighted by Gasteiger charge is 2.15. The molecule has 0 spiro atoms. The van der Waals surface area contributed by atoms with Crippen LogP contribution in [0, 0.1) is 6.92 Å². The van der Waals surface area contributed by atoms with Crippen LogP contribution >= 0.6 is 0 Å². The van der Waals surface area contributed by atoms with Crippen molar-refractivity contribution in [1.29, 1.82) is 0 Å². The molecule has 5 heteroatoms. The Morgan fingerprint density at radius 1 is 1.22 bits per heavy atom. The van der Waals surface area contributed by atoms with Crippen LogP contribution in [-0.4, -0.2) is 38.7 Å². The van der Waals surface area contributed by atoms with Crippen molar-refractivity contribution in [3.05, 3.63) is 29.8 Å².